The molecule has 0 radical (unpaired) electrons. The number of pyridine rings is 1. The van der Waals surface area contributed by atoms with Crippen LogP contribution in [0.3, 0.4) is 0 Å². The first-order chi connectivity index (χ1) is 8.47. The molecule has 1 aromatic rings. The fourth-order valence-corrected chi connectivity index (χ4v) is 4.08. The van der Waals surface area contributed by atoms with E-state index in [1.54, 1.807) is 11.8 Å². The van der Waals surface area contributed by atoms with Crippen molar-refractivity contribution in [2.24, 2.45) is 0 Å². The Morgan fingerprint density at radius 1 is 1.56 bits per heavy atom. The summed E-state index contributed by atoms with van der Waals surface area (Å²) in [5, 5.41) is 0. The van der Waals surface area contributed by atoms with Gasteiger partial charge in [-0.3, -0.25) is 0 Å². The van der Waals surface area contributed by atoms with E-state index in [9.17, 15) is 8.42 Å². The predicted molar refractivity (Wildman–Crippen MR) is 73.9 cm³/mol. The minimum Gasteiger partial charge on any atom is -0.384 e. The molecule has 1 aromatic heterocycles. The highest BCUT2D eigenvalue weighted by atomic mass is 32.2. The molecule has 1 aliphatic rings. The van der Waals surface area contributed by atoms with Crippen LogP contribution in [0.4, 0.5) is 5.82 Å². The lowest BCUT2D eigenvalue weighted by molar-refractivity contribution is 0.362. The van der Waals surface area contributed by atoms with Crippen LogP contribution in [0, 0.1) is 0 Å². The van der Waals surface area contributed by atoms with Crippen LogP contribution in [0.25, 0.3) is 0 Å². The smallest absolute Gasteiger partial charge is 0.240 e. The van der Waals surface area contributed by atoms with Gasteiger partial charge in [0.1, 0.15) is 5.82 Å². The zero-order chi connectivity index (χ0) is 13.2. The lowest BCUT2D eigenvalue weighted by Gasteiger charge is -2.40. The van der Waals surface area contributed by atoms with E-state index in [0.29, 0.717) is 6.54 Å². The number of nitrogens with one attached hydrogen (secondary N) is 1. The van der Waals surface area contributed by atoms with Crippen molar-refractivity contribution in [1.82, 2.24) is 9.71 Å². The number of anilines is 1. The molecule has 0 saturated heterocycles. The molecule has 1 fully saturated rings. The van der Waals surface area contributed by atoms with Gasteiger partial charge in [0.25, 0.3) is 0 Å². The second-order valence-electron chi connectivity index (χ2n) is 4.48. The summed E-state index contributed by atoms with van der Waals surface area (Å²) in [6.45, 7) is 0.471. The average Bonchev–Trinajstić information content (AvgIpc) is 2.28. The molecule has 2 rings (SSSR count). The molecule has 1 saturated carbocycles. The zero-order valence-electron chi connectivity index (χ0n) is 10.2. The van der Waals surface area contributed by atoms with Gasteiger partial charge in [-0.25, -0.2) is 18.1 Å². The molecule has 1 aliphatic carbocycles. The van der Waals surface area contributed by atoms with Gasteiger partial charge in [0.2, 0.25) is 10.0 Å². The molecule has 18 heavy (non-hydrogen) atoms. The molecule has 7 heteroatoms. The lowest BCUT2D eigenvalue weighted by atomic mass is 9.84. The van der Waals surface area contributed by atoms with Crippen LogP contribution in [-0.4, -0.2) is 30.9 Å². The Labute approximate surface area is 112 Å². The monoisotopic (exact) mass is 287 g/mol. The van der Waals surface area contributed by atoms with Crippen LogP contribution < -0.4 is 10.5 Å². The number of hydrogen-bond acceptors (Lipinski definition) is 5. The summed E-state index contributed by atoms with van der Waals surface area (Å²) >= 11 is 1.73. The van der Waals surface area contributed by atoms with Crippen molar-refractivity contribution in [3.63, 3.8) is 0 Å². The van der Waals surface area contributed by atoms with E-state index in [1.807, 2.05) is 6.26 Å². The highest BCUT2D eigenvalue weighted by Crippen LogP contribution is 2.42. The second kappa shape index (κ2) is 5.07. The summed E-state index contributed by atoms with van der Waals surface area (Å²) in [5.41, 5.74) is 5.49. The number of nitrogens with zero attached hydrogens (tertiary/aromatic N) is 1. The zero-order valence-corrected chi connectivity index (χ0v) is 11.9. The van der Waals surface area contributed by atoms with Crippen molar-refractivity contribution < 1.29 is 8.42 Å². The molecule has 3 N–H and O–H groups in total. The number of rotatable bonds is 5. The van der Waals surface area contributed by atoms with Crippen molar-refractivity contribution in [2.75, 3.05) is 18.5 Å². The van der Waals surface area contributed by atoms with Crippen LogP contribution in [0.5, 0.6) is 0 Å². The third-order valence-electron chi connectivity index (χ3n) is 3.35. The SMILES string of the molecule is CSC1(CNS(=O)(=O)c2ccnc(N)c2)CCC1. The summed E-state index contributed by atoms with van der Waals surface area (Å²) in [4.78, 5) is 3.96. The Morgan fingerprint density at radius 2 is 2.28 bits per heavy atom. The summed E-state index contributed by atoms with van der Waals surface area (Å²) in [7, 11) is -3.49. The highest BCUT2D eigenvalue weighted by Gasteiger charge is 2.37. The molecular weight excluding hydrogens is 270 g/mol. The van der Waals surface area contributed by atoms with Crippen molar-refractivity contribution in [2.45, 2.75) is 28.9 Å². The first-order valence-electron chi connectivity index (χ1n) is 5.74. The van der Waals surface area contributed by atoms with Crippen LogP contribution >= 0.6 is 11.8 Å². The van der Waals surface area contributed by atoms with Gasteiger partial charge >= 0.3 is 0 Å². The van der Waals surface area contributed by atoms with Gasteiger partial charge in [0.05, 0.1) is 4.90 Å². The molecule has 100 valence electrons. The third kappa shape index (κ3) is 2.78. The standard InChI is InChI=1S/C11H17N3O2S2/c1-17-11(4-2-5-11)8-14-18(15,16)9-3-6-13-10(12)7-9/h3,6-7,14H,2,4-5,8H2,1H3,(H2,12,13). The van der Waals surface area contributed by atoms with Gasteiger partial charge in [0, 0.05) is 23.6 Å². The minimum atomic E-state index is -3.49. The van der Waals surface area contributed by atoms with Gasteiger partial charge in [-0.05, 0) is 25.2 Å². The number of nitrogens with two attached hydrogens (primary N) is 1. The summed E-state index contributed by atoms with van der Waals surface area (Å²) < 4.78 is 26.9. The Kier molecular flexibility index (Phi) is 3.84. The Balaban J connectivity index is 2.08. The molecular formula is C11H17N3O2S2. The first kappa shape index (κ1) is 13.6. The summed E-state index contributed by atoms with van der Waals surface area (Å²) in [5.74, 6) is 0.209. The van der Waals surface area contributed by atoms with E-state index < -0.39 is 10.0 Å². The first-order valence-corrected chi connectivity index (χ1v) is 8.45. The largest absolute Gasteiger partial charge is 0.384 e. The van der Waals surface area contributed by atoms with Crippen molar-refractivity contribution in [3.8, 4) is 0 Å². The molecule has 0 aliphatic heterocycles. The van der Waals surface area contributed by atoms with Gasteiger partial charge < -0.3 is 5.73 Å². The number of aromatic nitrogens is 1. The van der Waals surface area contributed by atoms with Gasteiger partial charge in [-0.2, -0.15) is 11.8 Å². The minimum absolute atomic E-state index is 0.0750. The maximum Gasteiger partial charge on any atom is 0.240 e. The van der Waals surface area contributed by atoms with Gasteiger partial charge in [-0.15, -0.1) is 0 Å². The summed E-state index contributed by atoms with van der Waals surface area (Å²) in [6.07, 6.45) is 6.73. The molecule has 0 atom stereocenters. The van der Waals surface area contributed by atoms with Crippen LogP contribution in [0.1, 0.15) is 19.3 Å². The normalized spacial score (nSPS) is 18.3. The van der Waals surface area contributed by atoms with Crippen molar-refractivity contribution >= 4 is 27.6 Å². The van der Waals surface area contributed by atoms with E-state index in [0.717, 1.165) is 12.8 Å². The quantitative estimate of drug-likeness (QED) is 0.850. The predicted octanol–water partition coefficient (Wildman–Crippen LogP) is 1.23. The van der Waals surface area contributed by atoms with Gasteiger partial charge in [0.15, 0.2) is 0 Å². The van der Waals surface area contributed by atoms with Crippen molar-refractivity contribution in [1.29, 1.82) is 0 Å². The number of thioether (sulfide) groups is 1. The lowest BCUT2D eigenvalue weighted by Crippen LogP contribution is -2.45. The maximum atomic E-state index is 12.1. The Bertz CT molecular complexity index is 521. The summed E-state index contributed by atoms with van der Waals surface area (Å²) in [6, 6.07) is 2.82. The number of sulfonamides is 1. The highest BCUT2D eigenvalue weighted by molar-refractivity contribution is 8.00. The number of nitrogen functional groups attached to an aromatic ring is 1. The fraction of sp³-hybridized carbons (Fsp3) is 0.545. The topological polar surface area (TPSA) is 85.1 Å². The van der Waals surface area contributed by atoms with Crippen LogP contribution in [-0.2, 0) is 10.0 Å². The number of hydrogen-bond donors (Lipinski definition) is 2. The molecule has 0 aromatic carbocycles. The molecule has 0 bridgehead atoms. The molecule has 1 heterocycles. The van der Waals surface area contributed by atoms with E-state index in [4.69, 9.17) is 5.73 Å². The van der Waals surface area contributed by atoms with E-state index >= 15 is 0 Å². The molecule has 0 spiro atoms. The van der Waals surface area contributed by atoms with E-state index in [-0.39, 0.29) is 15.5 Å². The average molecular weight is 287 g/mol. The second-order valence-corrected chi connectivity index (χ2v) is 7.52. The van der Waals surface area contributed by atoms with Crippen molar-refractivity contribution in [3.05, 3.63) is 18.3 Å². The molecule has 0 amide bonds. The van der Waals surface area contributed by atoms with E-state index in [1.165, 1.54) is 24.8 Å². The Hall–Kier alpha value is -0.790. The molecule has 5 nitrogen and oxygen atoms in total. The fourth-order valence-electron chi connectivity index (χ4n) is 1.93. The Morgan fingerprint density at radius 3 is 2.78 bits per heavy atom. The maximum absolute atomic E-state index is 12.1. The van der Waals surface area contributed by atoms with Gasteiger partial charge in [-0.1, -0.05) is 6.42 Å². The van der Waals surface area contributed by atoms with E-state index in [2.05, 4.69) is 9.71 Å². The molecule has 0 unspecified atom stereocenters. The van der Waals surface area contributed by atoms with Crippen LogP contribution in [0.2, 0.25) is 0 Å². The third-order valence-corrected chi connectivity index (χ3v) is 6.16. The van der Waals surface area contributed by atoms with Crippen LogP contribution in [0.15, 0.2) is 23.2 Å².